The SMILES string of the molecule is CCC1CN(C)CCCN1C(=O)C(C)C. The van der Waals surface area contributed by atoms with Crippen LogP contribution in [0.3, 0.4) is 0 Å². The van der Waals surface area contributed by atoms with Crippen LogP contribution in [0.25, 0.3) is 0 Å². The second-order valence-corrected chi connectivity index (χ2v) is 4.86. The van der Waals surface area contributed by atoms with Crippen molar-refractivity contribution >= 4 is 5.91 Å². The molecule has 1 aliphatic heterocycles. The molecule has 1 amide bonds. The fraction of sp³-hybridized carbons (Fsp3) is 0.917. The van der Waals surface area contributed by atoms with Gasteiger partial charge in [-0.15, -0.1) is 0 Å². The maximum Gasteiger partial charge on any atom is 0.225 e. The van der Waals surface area contributed by atoms with Crippen molar-refractivity contribution < 1.29 is 4.79 Å². The molecule has 88 valence electrons. The summed E-state index contributed by atoms with van der Waals surface area (Å²) >= 11 is 0. The zero-order chi connectivity index (χ0) is 11.4. The van der Waals surface area contributed by atoms with E-state index in [0.717, 1.165) is 32.5 Å². The molecule has 0 radical (unpaired) electrons. The van der Waals surface area contributed by atoms with Crippen molar-refractivity contribution in [2.45, 2.75) is 39.7 Å². The summed E-state index contributed by atoms with van der Waals surface area (Å²) in [4.78, 5) is 16.5. The highest BCUT2D eigenvalue weighted by atomic mass is 16.2. The van der Waals surface area contributed by atoms with E-state index in [2.05, 4.69) is 23.8 Å². The highest BCUT2D eigenvalue weighted by molar-refractivity contribution is 5.78. The Morgan fingerprint density at radius 3 is 2.60 bits per heavy atom. The zero-order valence-electron chi connectivity index (χ0n) is 10.5. The van der Waals surface area contributed by atoms with Crippen LogP contribution in [0.4, 0.5) is 0 Å². The summed E-state index contributed by atoms with van der Waals surface area (Å²) in [6, 6.07) is 0.410. The lowest BCUT2D eigenvalue weighted by molar-refractivity contribution is -0.136. The minimum Gasteiger partial charge on any atom is -0.338 e. The van der Waals surface area contributed by atoms with Gasteiger partial charge in [0.05, 0.1) is 0 Å². The number of rotatable bonds is 2. The van der Waals surface area contributed by atoms with E-state index in [1.807, 2.05) is 13.8 Å². The standard InChI is InChI=1S/C12H24N2O/c1-5-11-9-13(4)7-6-8-14(11)12(15)10(2)3/h10-11H,5-9H2,1-4H3. The van der Waals surface area contributed by atoms with Gasteiger partial charge in [0.15, 0.2) is 0 Å². The number of hydrogen-bond donors (Lipinski definition) is 0. The number of hydrogen-bond acceptors (Lipinski definition) is 2. The molecule has 0 N–H and O–H groups in total. The Kier molecular flexibility index (Phi) is 4.58. The van der Waals surface area contributed by atoms with Crippen molar-refractivity contribution in [2.24, 2.45) is 5.92 Å². The van der Waals surface area contributed by atoms with E-state index < -0.39 is 0 Å². The third kappa shape index (κ3) is 3.20. The van der Waals surface area contributed by atoms with E-state index in [4.69, 9.17) is 0 Å². The first-order valence-corrected chi connectivity index (χ1v) is 6.05. The maximum absolute atomic E-state index is 12.0. The molecular formula is C12H24N2O. The Bertz CT molecular complexity index is 216. The molecule has 1 aliphatic rings. The molecule has 1 heterocycles. The molecule has 0 aliphatic carbocycles. The van der Waals surface area contributed by atoms with Crippen LogP contribution in [-0.4, -0.2) is 48.4 Å². The number of carbonyl (C=O) groups is 1. The van der Waals surface area contributed by atoms with Crippen molar-refractivity contribution in [2.75, 3.05) is 26.7 Å². The fourth-order valence-corrected chi connectivity index (χ4v) is 2.21. The van der Waals surface area contributed by atoms with Gasteiger partial charge in [0.2, 0.25) is 5.91 Å². The average Bonchev–Trinajstić information content (AvgIpc) is 2.38. The van der Waals surface area contributed by atoms with E-state index >= 15 is 0 Å². The van der Waals surface area contributed by atoms with Crippen LogP contribution in [0.2, 0.25) is 0 Å². The van der Waals surface area contributed by atoms with Gasteiger partial charge < -0.3 is 9.80 Å². The van der Waals surface area contributed by atoms with Crippen molar-refractivity contribution in [1.29, 1.82) is 0 Å². The van der Waals surface area contributed by atoms with Crippen LogP contribution >= 0.6 is 0 Å². The second kappa shape index (κ2) is 5.50. The molecule has 0 spiro atoms. The molecule has 0 saturated carbocycles. The molecule has 1 atom stereocenters. The monoisotopic (exact) mass is 212 g/mol. The lowest BCUT2D eigenvalue weighted by Gasteiger charge is -2.31. The van der Waals surface area contributed by atoms with Gasteiger partial charge >= 0.3 is 0 Å². The van der Waals surface area contributed by atoms with Gasteiger partial charge in [-0.05, 0) is 26.4 Å². The first-order valence-electron chi connectivity index (χ1n) is 6.05. The maximum atomic E-state index is 12.0. The third-order valence-electron chi connectivity index (χ3n) is 3.15. The number of amides is 1. The second-order valence-electron chi connectivity index (χ2n) is 4.86. The van der Waals surface area contributed by atoms with Crippen LogP contribution in [-0.2, 0) is 4.79 Å². The average molecular weight is 212 g/mol. The Labute approximate surface area is 93.4 Å². The minimum absolute atomic E-state index is 0.127. The molecule has 1 unspecified atom stereocenters. The van der Waals surface area contributed by atoms with Crippen LogP contribution in [0.5, 0.6) is 0 Å². The Morgan fingerprint density at radius 1 is 1.40 bits per heavy atom. The zero-order valence-corrected chi connectivity index (χ0v) is 10.5. The van der Waals surface area contributed by atoms with Gasteiger partial charge in [-0.1, -0.05) is 20.8 Å². The van der Waals surface area contributed by atoms with Gasteiger partial charge in [-0.2, -0.15) is 0 Å². The van der Waals surface area contributed by atoms with E-state index in [1.165, 1.54) is 0 Å². The predicted octanol–water partition coefficient (Wildman–Crippen LogP) is 1.59. The fourth-order valence-electron chi connectivity index (χ4n) is 2.21. The molecule has 1 saturated heterocycles. The Hall–Kier alpha value is -0.570. The smallest absolute Gasteiger partial charge is 0.225 e. The van der Waals surface area contributed by atoms with E-state index in [9.17, 15) is 4.79 Å². The summed E-state index contributed by atoms with van der Waals surface area (Å²) in [6.07, 6.45) is 2.16. The summed E-state index contributed by atoms with van der Waals surface area (Å²) in [6.45, 7) is 9.21. The Morgan fingerprint density at radius 2 is 2.07 bits per heavy atom. The molecule has 3 nitrogen and oxygen atoms in total. The molecular weight excluding hydrogens is 188 g/mol. The lowest BCUT2D eigenvalue weighted by Crippen LogP contribution is -2.45. The van der Waals surface area contributed by atoms with Gasteiger partial charge in [-0.3, -0.25) is 4.79 Å². The summed E-state index contributed by atoms with van der Waals surface area (Å²) in [7, 11) is 2.14. The quantitative estimate of drug-likeness (QED) is 0.694. The summed E-state index contributed by atoms with van der Waals surface area (Å²) < 4.78 is 0. The third-order valence-corrected chi connectivity index (χ3v) is 3.15. The predicted molar refractivity (Wildman–Crippen MR) is 62.7 cm³/mol. The molecule has 0 aromatic rings. The van der Waals surface area contributed by atoms with Crippen molar-refractivity contribution in [3.63, 3.8) is 0 Å². The Balaban J connectivity index is 2.70. The van der Waals surface area contributed by atoms with E-state index in [1.54, 1.807) is 0 Å². The van der Waals surface area contributed by atoms with Gasteiger partial charge in [-0.25, -0.2) is 0 Å². The summed E-state index contributed by atoms with van der Waals surface area (Å²) in [5.74, 6) is 0.444. The normalized spacial score (nSPS) is 24.3. The number of likely N-dealkylation sites (N-methyl/N-ethyl adjacent to an activating group) is 1. The van der Waals surface area contributed by atoms with Crippen LogP contribution < -0.4 is 0 Å². The summed E-state index contributed by atoms with van der Waals surface area (Å²) in [5.41, 5.74) is 0. The first kappa shape index (κ1) is 12.5. The summed E-state index contributed by atoms with van der Waals surface area (Å²) in [5, 5.41) is 0. The topological polar surface area (TPSA) is 23.6 Å². The lowest BCUT2D eigenvalue weighted by atomic mass is 10.1. The molecule has 0 aromatic heterocycles. The molecule has 15 heavy (non-hydrogen) atoms. The largest absolute Gasteiger partial charge is 0.338 e. The molecule has 1 fully saturated rings. The van der Waals surface area contributed by atoms with Crippen molar-refractivity contribution in [1.82, 2.24) is 9.80 Å². The molecule has 1 rings (SSSR count). The van der Waals surface area contributed by atoms with Gasteiger partial charge in [0.1, 0.15) is 0 Å². The van der Waals surface area contributed by atoms with Crippen molar-refractivity contribution in [3.8, 4) is 0 Å². The van der Waals surface area contributed by atoms with Crippen LogP contribution in [0.1, 0.15) is 33.6 Å². The van der Waals surface area contributed by atoms with Crippen molar-refractivity contribution in [3.05, 3.63) is 0 Å². The highest BCUT2D eigenvalue weighted by Gasteiger charge is 2.27. The van der Waals surface area contributed by atoms with Gasteiger partial charge in [0, 0.05) is 25.0 Å². The van der Waals surface area contributed by atoms with E-state index in [0.29, 0.717) is 11.9 Å². The van der Waals surface area contributed by atoms with Crippen LogP contribution in [0, 0.1) is 5.92 Å². The highest BCUT2D eigenvalue weighted by Crippen LogP contribution is 2.14. The minimum atomic E-state index is 0.127. The van der Waals surface area contributed by atoms with Crippen LogP contribution in [0.15, 0.2) is 0 Å². The first-order chi connectivity index (χ1) is 7.06. The molecule has 3 heteroatoms. The molecule has 0 bridgehead atoms. The number of carbonyl (C=O) groups excluding carboxylic acids is 1. The molecule has 0 aromatic carbocycles. The van der Waals surface area contributed by atoms with Gasteiger partial charge in [0.25, 0.3) is 0 Å². The number of nitrogens with zero attached hydrogens (tertiary/aromatic N) is 2. The van der Waals surface area contributed by atoms with E-state index in [-0.39, 0.29) is 5.92 Å².